The van der Waals surface area contributed by atoms with Gasteiger partial charge in [-0.05, 0) is 0 Å². The van der Waals surface area contributed by atoms with E-state index < -0.39 is 100 Å². The summed E-state index contributed by atoms with van der Waals surface area (Å²) in [7, 11) is -10.9. The lowest BCUT2D eigenvalue weighted by Crippen LogP contribution is -2.79. The van der Waals surface area contributed by atoms with Gasteiger partial charge in [0.2, 0.25) is 11.8 Å². The molecule has 2 saturated heterocycles. The molecule has 0 aromatic heterocycles. The van der Waals surface area contributed by atoms with Gasteiger partial charge in [0.15, 0.2) is 10.5 Å². The van der Waals surface area contributed by atoms with Crippen LogP contribution in [0.4, 0.5) is 0 Å². The molecule has 4 atom stereocenters. The Hall–Kier alpha value is -3.04. The summed E-state index contributed by atoms with van der Waals surface area (Å²) in [6, 6.07) is 0. The van der Waals surface area contributed by atoms with Crippen LogP contribution in [-0.4, -0.2) is 114 Å². The maximum Gasteiger partial charge on any atom is 0.364 e. The Kier molecular flexibility index (Phi) is 5.71. The van der Waals surface area contributed by atoms with Crippen LogP contribution in [0.1, 0.15) is 12.8 Å². The van der Waals surface area contributed by atoms with Crippen LogP contribution in [0.25, 0.3) is 0 Å². The van der Waals surface area contributed by atoms with E-state index in [0.29, 0.717) is 0 Å². The molecule has 2 fully saturated rings. The SMILES string of the molecule is O=C1CC(S(=O)(=O)O)C(=O)N1C(O)(C(=O)O)C(O)(C(=O)O)N1C(=O)CC(S(=O)(=O)O)C1=O. The van der Waals surface area contributed by atoms with E-state index in [1.165, 1.54) is 0 Å². The molecule has 32 heavy (non-hydrogen) atoms. The third-order valence-corrected chi connectivity index (χ3v) is 6.83. The largest absolute Gasteiger partial charge is 0.478 e. The number of amides is 4. The molecule has 2 aliphatic rings. The molecule has 0 radical (unpaired) electrons. The van der Waals surface area contributed by atoms with Crippen molar-refractivity contribution in [1.29, 1.82) is 0 Å². The van der Waals surface area contributed by atoms with Gasteiger partial charge in [0.1, 0.15) is 0 Å². The summed E-state index contributed by atoms with van der Waals surface area (Å²) in [6.07, 6.45) is -3.09. The summed E-state index contributed by atoms with van der Waals surface area (Å²) in [6.45, 7) is 0. The van der Waals surface area contributed by atoms with Crippen LogP contribution in [-0.2, 0) is 49.0 Å². The Labute approximate surface area is 176 Å². The highest BCUT2D eigenvalue weighted by atomic mass is 32.2. The van der Waals surface area contributed by atoms with Crippen molar-refractivity contribution in [3.05, 3.63) is 0 Å². The monoisotopic (exact) mass is 504 g/mol. The number of rotatable bonds is 7. The third kappa shape index (κ3) is 3.32. The molecule has 0 saturated carbocycles. The van der Waals surface area contributed by atoms with Crippen molar-refractivity contribution < 1.29 is 75.1 Å². The number of carbonyl (C=O) groups is 6. The molecule has 6 N–H and O–H groups in total. The van der Waals surface area contributed by atoms with Gasteiger partial charge in [0, 0.05) is 0 Å². The molecule has 2 aliphatic heterocycles. The first-order valence-electron chi connectivity index (χ1n) is 7.81. The lowest BCUT2D eigenvalue weighted by molar-refractivity contribution is -0.267. The predicted molar refractivity (Wildman–Crippen MR) is 88.8 cm³/mol. The van der Waals surface area contributed by atoms with E-state index in [1.807, 2.05) is 0 Å². The van der Waals surface area contributed by atoms with Gasteiger partial charge in [-0.15, -0.1) is 0 Å². The Morgan fingerprint density at radius 3 is 1.12 bits per heavy atom. The highest BCUT2D eigenvalue weighted by molar-refractivity contribution is 7.87. The number of likely N-dealkylation sites (tertiary alicyclic amines) is 2. The highest BCUT2D eigenvalue weighted by Crippen LogP contribution is 2.39. The molecular formula is C12H12N2O16S2. The summed E-state index contributed by atoms with van der Waals surface area (Å²) >= 11 is 0. The van der Waals surface area contributed by atoms with Gasteiger partial charge in [-0.2, -0.15) is 16.8 Å². The molecule has 0 aromatic carbocycles. The lowest BCUT2D eigenvalue weighted by atomic mass is 9.95. The number of hydrogen-bond acceptors (Lipinski definition) is 12. The Morgan fingerprint density at radius 1 is 0.719 bits per heavy atom. The number of carbonyl (C=O) groups excluding carboxylic acids is 4. The van der Waals surface area contributed by atoms with Crippen molar-refractivity contribution in [2.24, 2.45) is 0 Å². The number of hydrogen-bond donors (Lipinski definition) is 6. The van der Waals surface area contributed by atoms with E-state index >= 15 is 0 Å². The zero-order valence-corrected chi connectivity index (χ0v) is 16.7. The minimum Gasteiger partial charge on any atom is -0.478 e. The fourth-order valence-corrected chi connectivity index (χ4v) is 4.58. The number of carboxylic acid groups (broad SMARTS) is 2. The predicted octanol–water partition coefficient (Wildman–Crippen LogP) is -5.44. The molecular weight excluding hydrogens is 492 g/mol. The molecule has 4 amide bonds. The number of aliphatic hydroxyl groups is 2. The topological polar surface area (TPSA) is 299 Å². The van der Waals surface area contributed by atoms with Crippen molar-refractivity contribution in [2.75, 3.05) is 0 Å². The minimum atomic E-state index is -5.44. The summed E-state index contributed by atoms with van der Waals surface area (Å²) in [5.74, 6) is -14.5. The number of nitrogens with zero attached hydrogens (tertiary/aromatic N) is 2. The fourth-order valence-electron chi connectivity index (χ4n) is 3.15. The van der Waals surface area contributed by atoms with Gasteiger partial charge in [-0.3, -0.25) is 28.3 Å². The van der Waals surface area contributed by atoms with Crippen LogP contribution in [0.2, 0.25) is 0 Å². The van der Waals surface area contributed by atoms with E-state index in [1.54, 1.807) is 0 Å². The van der Waals surface area contributed by atoms with Crippen LogP contribution in [0.5, 0.6) is 0 Å². The van der Waals surface area contributed by atoms with Crippen molar-refractivity contribution in [3.8, 4) is 0 Å². The second kappa shape index (κ2) is 7.25. The standard InChI is InChI=1S/C12H12N2O16S2/c15-5-1-3(31(25,26)27)7(17)13(5)11(23,9(19)20)12(24,10(21)22)14-6(16)2-4(8(14)18)32(28,29)30/h3-4,23-24H,1-2H2,(H,19,20)(H,21,22)(H,25,26,27)(H,28,29,30). The van der Waals surface area contributed by atoms with Crippen molar-refractivity contribution in [2.45, 2.75) is 34.8 Å². The van der Waals surface area contributed by atoms with Gasteiger partial charge in [-0.25, -0.2) is 19.4 Å². The highest BCUT2D eigenvalue weighted by Gasteiger charge is 2.76. The van der Waals surface area contributed by atoms with Crippen LogP contribution >= 0.6 is 0 Å². The Balaban J connectivity index is 2.81. The second-order valence-electron chi connectivity index (χ2n) is 6.50. The first kappa shape index (κ1) is 25.2. The van der Waals surface area contributed by atoms with Crippen LogP contribution in [0, 0.1) is 0 Å². The van der Waals surface area contributed by atoms with E-state index in [4.69, 9.17) is 9.11 Å². The lowest BCUT2D eigenvalue weighted by Gasteiger charge is -2.44. The van der Waals surface area contributed by atoms with Crippen LogP contribution in [0.3, 0.4) is 0 Å². The van der Waals surface area contributed by atoms with E-state index in [9.17, 15) is 66.0 Å². The Morgan fingerprint density at radius 2 is 0.969 bits per heavy atom. The van der Waals surface area contributed by atoms with Crippen LogP contribution < -0.4 is 0 Å². The van der Waals surface area contributed by atoms with Crippen LogP contribution in [0.15, 0.2) is 0 Å². The summed E-state index contributed by atoms with van der Waals surface area (Å²) in [5, 5.41) is 34.5. The quantitative estimate of drug-likeness (QED) is 0.139. The summed E-state index contributed by atoms with van der Waals surface area (Å²) < 4.78 is 63.1. The summed E-state index contributed by atoms with van der Waals surface area (Å²) in [4.78, 5) is 70.5. The molecule has 0 aliphatic carbocycles. The molecule has 178 valence electrons. The van der Waals surface area contributed by atoms with E-state index in [-0.39, 0.29) is 0 Å². The third-order valence-electron chi connectivity index (χ3n) is 4.66. The number of aliphatic carboxylic acids is 2. The molecule has 2 rings (SSSR count). The van der Waals surface area contributed by atoms with E-state index in [2.05, 4.69) is 0 Å². The molecule has 0 aromatic rings. The van der Waals surface area contributed by atoms with E-state index in [0.717, 1.165) is 0 Å². The van der Waals surface area contributed by atoms with Gasteiger partial charge < -0.3 is 20.4 Å². The van der Waals surface area contributed by atoms with Gasteiger partial charge in [0.05, 0.1) is 12.8 Å². The Bertz CT molecular complexity index is 1080. The molecule has 0 spiro atoms. The minimum absolute atomic E-state index is 1.01. The van der Waals surface area contributed by atoms with Gasteiger partial charge in [-0.1, -0.05) is 0 Å². The first-order valence-corrected chi connectivity index (χ1v) is 10.8. The van der Waals surface area contributed by atoms with Crippen molar-refractivity contribution in [3.63, 3.8) is 0 Å². The van der Waals surface area contributed by atoms with Crippen molar-refractivity contribution >= 4 is 55.8 Å². The zero-order chi connectivity index (χ0) is 25.2. The normalized spacial score (nSPS) is 26.2. The molecule has 20 heteroatoms. The number of carboxylic acids is 2. The first-order chi connectivity index (χ1) is 14.2. The molecule has 2 heterocycles. The van der Waals surface area contributed by atoms with Gasteiger partial charge in [0.25, 0.3) is 32.1 Å². The fraction of sp³-hybridized carbons (Fsp3) is 0.500. The molecule has 0 bridgehead atoms. The average molecular weight is 504 g/mol. The number of imide groups is 2. The van der Waals surface area contributed by atoms with Gasteiger partial charge >= 0.3 is 23.4 Å². The average Bonchev–Trinajstić information content (AvgIpc) is 3.08. The molecule has 4 unspecified atom stereocenters. The maximum atomic E-state index is 12.3. The second-order valence-corrected chi connectivity index (χ2v) is 9.70. The zero-order valence-electron chi connectivity index (χ0n) is 15.0. The smallest absolute Gasteiger partial charge is 0.364 e. The maximum absolute atomic E-state index is 12.3. The summed E-state index contributed by atoms with van der Waals surface area (Å²) in [5.41, 5.74) is -9.66. The van der Waals surface area contributed by atoms with Crippen molar-refractivity contribution in [1.82, 2.24) is 9.80 Å². The molecule has 18 nitrogen and oxygen atoms in total.